The van der Waals surface area contributed by atoms with Crippen LogP contribution in [-0.2, 0) is 14.3 Å². The van der Waals surface area contributed by atoms with Gasteiger partial charge in [0.25, 0.3) is 0 Å². The Bertz CT molecular complexity index is 639. The first-order valence-corrected chi connectivity index (χ1v) is 10.1. The van der Waals surface area contributed by atoms with Gasteiger partial charge in [0.2, 0.25) is 5.91 Å². The molecule has 0 radical (unpaired) electrons. The number of hydrogen-bond donors (Lipinski definition) is 1. The molecule has 2 aliphatic rings. The molecule has 150 valence electrons. The topological polar surface area (TPSA) is 58.6 Å². The molecule has 9 heteroatoms. The Balaban J connectivity index is 1.88. The lowest BCUT2D eigenvalue weighted by molar-refractivity contribution is -0.190. The molecule has 1 aromatic heterocycles. The maximum atomic E-state index is 13.3. The van der Waals surface area contributed by atoms with E-state index >= 15 is 0 Å². The van der Waals surface area contributed by atoms with Gasteiger partial charge in [-0.05, 0) is 37.1 Å². The van der Waals surface area contributed by atoms with Crippen molar-refractivity contribution in [3.63, 3.8) is 0 Å². The fourth-order valence-corrected chi connectivity index (χ4v) is 4.53. The number of carbonyl (C=O) groups is 2. The van der Waals surface area contributed by atoms with Gasteiger partial charge < -0.3 is 15.0 Å². The van der Waals surface area contributed by atoms with E-state index in [4.69, 9.17) is 4.74 Å². The minimum absolute atomic E-state index is 0.0504. The molecule has 3 rings (SSSR count). The van der Waals surface area contributed by atoms with Crippen LogP contribution >= 0.6 is 11.3 Å². The molecule has 5 nitrogen and oxygen atoms in total. The first-order valence-electron chi connectivity index (χ1n) is 9.19. The molecule has 1 aliphatic carbocycles. The van der Waals surface area contributed by atoms with E-state index in [1.165, 1.54) is 11.3 Å². The molecular weight excluding hydrogens is 381 g/mol. The molecule has 1 aliphatic heterocycles. The van der Waals surface area contributed by atoms with Crippen LogP contribution < -0.4 is 5.32 Å². The van der Waals surface area contributed by atoms with Gasteiger partial charge in [-0.25, -0.2) is 0 Å². The minimum Gasteiger partial charge on any atom is -0.376 e. The molecule has 0 bridgehead atoms. The number of carbonyl (C=O) groups excluding carboxylic acids is 2. The number of rotatable bonds is 6. The van der Waals surface area contributed by atoms with E-state index in [1.54, 1.807) is 17.5 Å². The van der Waals surface area contributed by atoms with Crippen molar-refractivity contribution in [2.45, 2.75) is 62.9 Å². The molecule has 1 saturated heterocycles. The van der Waals surface area contributed by atoms with Crippen molar-refractivity contribution in [2.75, 3.05) is 13.2 Å². The van der Waals surface area contributed by atoms with Crippen LogP contribution in [0, 0.1) is 0 Å². The largest absolute Gasteiger partial charge is 0.471 e. The lowest BCUT2D eigenvalue weighted by Crippen LogP contribution is -2.51. The summed E-state index contributed by atoms with van der Waals surface area (Å²) in [4.78, 5) is 26.2. The lowest BCUT2D eigenvalue weighted by atomic mass is 10.1. The van der Waals surface area contributed by atoms with Gasteiger partial charge in [-0.1, -0.05) is 18.9 Å². The van der Waals surface area contributed by atoms with Gasteiger partial charge in [-0.2, -0.15) is 13.2 Å². The van der Waals surface area contributed by atoms with Crippen LogP contribution in [0.15, 0.2) is 17.5 Å². The Labute approximate surface area is 159 Å². The fourth-order valence-electron chi connectivity index (χ4n) is 3.70. The number of ether oxygens (including phenoxy) is 1. The van der Waals surface area contributed by atoms with Crippen LogP contribution in [0.25, 0.3) is 0 Å². The van der Waals surface area contributed by atoms with Gasteiger partial charge >= 0.3 is 12.1 Å². The van der Waals surface area contributed by atoms with Gasteiger partial charge in [0, 0.05) is 24.1 Å². The third-order valence-electron chi connectivity index (χ3n) is 5.00. The molecule has 27 heavy (non-hydrogen) atoms. The Morgan fingerprint density at radius 3 is 2.56 bits per heavy atom. The second kappa shape index (κ2) is 8.60. The SMILES string of the molecule is O=C(NC1CCCC1)C(c1cccs1)N(CC1CCCO1)C(=O)C(F)(F)F. The van der Waals surface area contributed by atoms with Crippen molar-refractivity contribution in [1.29, 1.82) is 0 Å². The number of hydrogen-bond acceptors (Lipinski definition) is 4. The van der Waals surface area contributed by atoms with Crippen LogP contribution in [0.2, 0.25) is 0 Å². The van der Waals surface area contributed by atoms with Gasteiger partial charge in [-0.15, -0.1) is 11.3 Å². The average Bonchev–Trinajstić information content (AvgIpc) is 3.36. The molecule has 2 unspecified atom stereocenters. The zero-order valence-corrected chi connectivity index (χ0v) is 15.7. The predicted octanol–water partition coefficient (Wildman–Crippen LogP) is 3.42. The summed E-state index contributed by atoms with van der Waals surface area (Å²) in [7, 11) is 0. The number of nitrogens with zero attached hydrogens (tertiary/aromatic N) is 1. The highest BCUT2D eigenvalue weighted by Gasteiger charge is 2.48. The lowest BCUT2D eigenvalue weighted by Gasteiger charge is -2.33. The summed E-state index contributed by atoms with van der Waals surface area (Å²) >= 11 is 1.17. The van der Waals surface area contributed by atoms with E-state index < -0.39 is 30.1 Å². The Hall–Kier alpha value is -1.61. The number of nitrogens with one attached hydrogen (secondary N) is 1. The van der Waals surface area contributed by atoms with Crippen molar-refractivity contribution in [1.82, 2.24) is 10.2 Å². The van der Waals surface area contributed by atoms with Crippen molar-refractivity contribution in [3.8, 4) is 0 Å². The first-order chi connectivity index (χ1) is 12.9. The number of thiophene rings is 1. The normalized spacial score (nSPS) is 22.0. The summed E-state index contributed by atoms with van der Waals surface area (Å²) in [6.07, 6.45) is -0.658. The summed E-state index contributed by atoms with van der Waals surface area (Å²) in [5.41, 5.74) is 0. The third kappa shape index (κ3) is 5.01. The molecule has 1 aromatic rings. The highest BCUT2D eigenvalue weighted by Crippen LogP contribution is 2.32. The van der Waals surface area contributed by atoms with Crippen LogP contribution in [-0.4, -0.2) is 48.2 Å². The van der Waals surface area contributed by atoms with E-state index in [1.807, 2.05) is 0 Å². The zero-order chi connectivity index (χ0) is 19.4. The van der Waals surface area contributed by atoms with E-state index in [-0.39, 0.29) is 12.6 Å². The van der Waals surface area contributed by atoms with Crippen molar-refractivity contribution in [3.05, 3.63) is 22.4 Å². The molecule has 1 N–H and O–H groups in total. The summed E-state index contributed by atoms with van der Waals surface area (Å²) in [5.74, 6) is -2.56. The van der Waals surface area contributed by atoms with E-state index in [2.05, 4.69) is 5.32 Å². The minimum atomic E-state index is -5.05. The standard InChI is InChI=1S/C18H23F3N2O3S/c19-18(20,21)17(25)23(11-13-7-3-9-26-13)15(14-8-4-10-27-14)16(24)22-12-5-1-2-6-12/h4,8,10,12-13,15H,1-3,5-7,9,11H2,(H,22,24). The third-order valence-corrected chi connectivity index (χ3v) is 5.93. The van der Waals surface area contributed by atoms with Crippen LogP contribution in [0.5, 0.6) is 0 Å². The van der Waals surface area contributed by atoms with Crippen LogP contribution in [0.1, 0.15) is 49.4 Å². The molecule has 1 saturated carbocycles. The van der Waals surface area contributed by atoms with Gasteiger partial charge in [-0.3, -0.25) is 9.59 Å². The average molecular weight is 404 g/mol. The van der Waals surface area contributed by atoms with Crippen molar-refractivity contribution >= 4 is 23.2 Å². The molecule has 2 amide bonds. The summed E-state index contributed by atoms with van der Waals surface area (Å²) in [6.45, 7) is 0.204. The quantitative estimate of drug-likeness (QED) is 0.791. The van der Waals surface area contributed by atoms with Gasteiger partial charge in [0.1, 0.15) is 6.04 Å². The Morgan fingerprint density at radius 1 is 1.26 bits per heavy atom. The van der Waals surface area contributed by atoms with E-state index in [9.17, 15) is 22.8 Å². The molecule has 0 aromatic carbocycles. The Morgan fingerprint density at radius 2 is 2.00 bits per heavy atom. The maximum absolute atomic E-state index is 13.3. The molecule has 2 heterocycles. The second-order valence-electron chi connectivity index (χ2n) is 7.00. The van der Waals surface area contributed by atoms with Crippen molar-refractivity contribution in [2.24, 2.45) is 0 Å². The highest BCUT2D eigenvalue weighted by atomic mass is 32.1. The zero-order valence-electron chi connectivity index (χ0n) is 14.8. The van der Waals surface area contributed by atoms with Crippen molar-refractivity contribution < 1.29 is 27.5 Å². The summed E-state index contributed by atoms with van der Waals surface area (Å²) in [6, 6.07) is 1.91. The summed E-state index contributed by atoms with van der Waals surface area (Å²) in [5, 5.41) is 4.53. The second-order valence-corrected chi connectivity index (χ2v) is 7.98. The van der Waals surface area contributed by atoms with Gasteiger partial charge in [0.05, 0.1) is 6.10 Å². The number of halogens is 3. The molecule has 2 atom stereocenters. The van der Waals surface area contributed by atoms with E-state index in [0.29, 0.717) is 22.8 Å². The number of amides is 2. The highest BCUT2D eigenvalue weighted by molar-refractivity contribution is 7.10. The van der Waals surface area contributed by atoms with Crippen LogP contribution in [0.4, 0.5) is 13.2 Å². The molecule has 0 spiro atoms. The van der Waals surface area contributed by atoms with E-state index in [0.717, 1.165) is 32.1 Å². The first kappa shape index (κ1) is 20.1. The molecule has 2 fully saturated rings. The number of alkyl halides is 3. The smallest absolute Gasteiger partial charge is 0.376 e. The van der Waals surface area contributed by atoms with Crippen LogP contribution in [0.3, 0.4) is 0 Å². The monoisotopic (exact) mass is 404 g/mol. The molecular formula is C18H23F3N2O3S. The fraction of sp³-hybridized carbons (Fsp3) is 0.667. The van der Waals surface area contributed by atoms with Gasteiger partial charge in [0.15, 0.2) is 0 Å². The predicted molar refractivity (Wildman–Crippen MR) is 94.2 cm³/mol. The maximum Gasteiger partial charge on any atom is 0.471 e. The summed E-state index contributed by atoms with van der Waals surface area (Å²) < 4.78 is 45.3. The Kier molecular flexibility index (Phi) is 6.41.